The van der Waals surface area contributed by atoms with Gasteiger partial charge in [0, 0.05) is 30.0 Å². The van der Waals surface area contributed by atoms with E-state index in [0.717, 1.165) is 25.3 Å². The zero-order chi connectivity index (χ0) is 19.4. The van der Waals surface area contributed by atoms with Gasteiger partial charge in [-0.2, -0.15) is 0 Å². The molecule has 9 heteroatoms. The molecule has 0 spiro atoms. The van der Waals surface area contributed by atoms with Gasteiger partial charge in [0.25, 0.3) is 5.91 Å². The fourth-order valence-electron chi connectivity index (χ4n) is 2.97. The van der Waals surface area contributed by atoms with E-state index in [2.05, 4.69) is 29.0 Å². The maximum absolute atomic E-state index is 12.1. The van der Waals surface area contributed by atoms with E-state index < -0.39 is 0 Å². The predicted octanol–water partition coefficient (Wildman–Crippen LogP) is 4.08. The third-order valence-corrected chi connectivity index (χ3v) is 5.27. The highest BCUT2D eigenvalue weighted by Crippen LogP contribution is 2.27. The Labute approximate surface area is 172 Å². The van der Waals surface area contributed by atoms with E-state index in [9.17, 15) is 4.79 Å². The Kier molecular flexibility index (Phi) is 6.94. The molecule has 2 atom stereocenters. The summed E-state index contributed by atoms with van der Waals surface area (Å²) < 4.78 is 11.2. The normalized spacial score (nSPS) is 20.4. The topological polar surface area (TPSA) is 63.7 Å². The summed E-state index contributed by atoms with van der Waals surface area (Å²) in [4.78, 5) is 18.9. The van der Waals surface area contributed by atoms with E-state index in [-0.39, 0.29) is 24.7 Å². The number of hydrogen-bond acceptors (Lipinski definition) is 6. The fourth-order valence-corrected chi connectivity index (χ4v) is 4.15. The Hall–Kier alpha value is -1.38. The van der Waals surface area contributed by atoms with Crippen molar-refractivity contribution in [1.82, 2.24) is 9.88 Å². The Morgan fingerprint density at radius 2 is 2.11 bits per heavy atom. The monoisotopic (exact) mass is 429 g/mol. The number of benzene rings is 1. The van der Waals surface area contributed by atoms with Crippen LogP contribution in [-0.2, 0) is 16.1 Å². The van der Waals surface area contributed by atoms with Crippen LogP contribution in [0, 0.1) is 0 Å². The lowest BCUT2D eigenvalue weighted by atomic mass is 10.2. The van der Waals surface area contributed by atoms with E-state index in [0.29, 0.717) is 20.9 Å². The van der Waals surface area contributed by atoms with Gasteiger partial charge < -0.3 is 9.47 Å². The Morgan fingerprint density at radius 3 is 2.81 bits per heavy atom. The van der Waals surface area contributed by atoms with Crippen LogP contribution in [0.4, 0.5) is 5.13 Å². The number of aromatic nitrogens is 1. The van der Waals surface area contributed by atoms with Crippen molar-refractivity contribution in [3.8, 4) is 5.75 Å². The van der Waals surface area contributed by atoms with Gasteiger partial charge in [-0.15, -0.1) is 11.3 Å². The molecular weight excluding hydrogens is 409 g/mol. The minimum atomic E-state index is -0.296. The number of rotatable bonds is 6. The first-order valence-corrected chi connectivity index (χ1v) is 10.2. The maximum atomic E-state index is 12.1. The maximum Gasteiger partial charge on any atom is 0.264 e. The van der Waals surface area contributed by atoms with E-state index >= 15 is 0 Å². The van der Waals surface area contributed by atoms with Crippen LogP contribution in [0.5, 0.6) is 5.75 Å². The molecule has 6 nitrogen and oxygen atoms in total. The van der Waals surface area contributed by atoms with Crippen molar-refractivity contribution in [3.63, 3.8) is 0 Å². The molecule has 0 radical (unpaired) electrons. The molecule has 0 bridgehead atoms. The predicted molar refractivity (Wildman–Crippen MR) is 108 cm³/mol. The number of amides is 1. The lowest BCUT2D eigenvalue weighted by Crippen LogP contribution is -2.44. The summed E-state index contributed by atoms with van der Waals surface area (Å²) in [5, 5.41) is 6.13. The van der Waals surface area contributed by atoms with Crippen molar-refractivity contribution >= 4 is 45.6 Å². The van der Waals surface area contributed by atoms with E-state index in [1.165, 1.54) is 11.3 Å². The van der Waals surface area contributed by atoms with Gasteiger partial charge in [-0.25, -0.2) is 4.98 Å². The molecule has 1 aliphatic heterocycles. The zero-order valence-corrected chi connectivity index (χ0v) is 17.4. The molecule has 1 saturated heterocycles. The van der Waals surface area contributed by atoms with E-state index in [4.69, 9.17) is 32.7 Å². The molecule has 0 saturated carbocycles. The number of thiazole rings is 1. The van der Waals surface area contributed by atoms with Crippen molar-refractivity contribution in [2.24, 2.45) is 0 Å². The summed E-state index contributed by atoms with van der Waals surface area (Å²) in [6.07, 6.45) is 0.423. The second-order valence-electron chi connectivity index (χ2n) is 6.51. The van der Waals surface area contributed by atoms with Crippen molar-refractivity contribution in [2.45, 2.75) is 32.6 Å². The molecule has 2 heterocycles. The summed E-state index contributed by atoms with van der Waals surface area (Å²) in [6, 6.07) is 4.85. The quantitative estimate of drug-likeness (QED) is 0.749. The first-order chi connectivity index (χ1) is 12.9. The van der Waals surface area contributed by atoms with Crippen LogP contribution >= 0.6 is 34.5 Å². The van der Waals surface area contributed by atoms with E-state index in [1.54, 1.807) is 18.2 Å². The minimum absolute atomic E-state index is 0.158. The van der Waals surface area contributed by atoms with E-state index in [1.807, 2.05) is 5.38 Å². The second kappa shape index (κ2) is 9.21. The summed E-state index contributed by atoms with van der Waals surface area (Å²) >= 11 is 13.3. The number of morpholine rings is 1. The molecule has 1 N–H and O–H groups in total. The van der Waals surface area contributed by atoms with Gasteiger partial charge in [0.15, 0.2) is 11.7 Å². The number of anilines is 1. The molecule has 3 rings (SSSR count). The molecular formula is C18H21Cl2N3O3S. The first kappa shape index (κ1) is 20.4. The molecule has 1 aliphatic rings. The smallest absolute Gasteiger partial charge is 0.264 e. The summed E-state index contributed by atoms with van der Waals surface area (Å²) in [5.74, 6) is 0.113. The molecule has 146 valence electrons. The van der Waals surface area contributed by atoms with Crippen LogP contribution in [0.25, 0.3) is 0 Å². The Balaban J connectivity index is 1.49. The summed E-state index contributed by atoms with van der Waals surface area (Å²) in [7, 11) is 0. The molecule has 1 amide bonds. The minimum Gasteiger partial charge on any atom is -0.482 e. The second-order valence-corrected chi connectivity index (χ2v) is 8.21. The molecule has 2 aromatic rings. The van der Waals surface area contributed by atoms with Crippen molar-refractivity contribution in [1.29, 1.82) is 0 Å². The van der Waals surface area contributed by atoms with Crippen molar-refractivity contribution in [2.75, 3.05) is 25.0 Å². The van der Waals surface area contributed by atoms with Gasteiger partial charge >= 0.3 is 0 Å². The SMILES string of the molecule is C[C@@H]1CN(Cc2csc(NC(=O)COc3ccc(Cl)cc3Cl)n2)C[C@H](C)O1. The summed E-state index contributed by atoms with van der Waals surface area (Å²) in [5.41, 5.74) is 0.929. The number of hydrogen-bond donors (Lipinski definition) is 1. The highest BCUT2D eigenvalue weighted by atomic mass is 35.5. The number of nitrogens with zero attached hydrogens (tertiary/aromatic N) is 2. The Morgan fingerprint density at radius 1 is 1.37 bits per heavy atom. The lowest BCUT2D eigenvalue weighted by Gasteiger charge is -2.34. The van der Waals surface area contributed by atoms with Crippen molar-refractivity contribution in [3.05, 3.63) is 39.3 Å². The van der Waals surface area contributed by atoms with Crippen LogP contribution in [0.2, 0.25) is 10.0 Å². The third kappa shape index (κ3) is 6.05. The zero-order valence-electron chi connectivity index (χ0n) is 15.1. The van der Waals surface area contributed by atoms with Crippen LogP contribution in [0.3, 0.4) is 0 Å². The van der Waals surface area contributed by atoms with Gasteiger partial charge in [-0.3, -0.25) is 15.0 Å². The molecule has 0 aliphatic carbocycles. The highest BCUT2D eigenvalue weighted by molar-refractivity contribution is 7.13. The number of ether oxygens (including phenoxy) is 2. The Bertz CT molecular complexity index is 792. The van der Waals surface area contributed by atoms with Gasteiger partial charge in [0.05, 0.1) is 22.9 Å². The molecule has 0 unspecified atom stereocenters. The fraction of sp³-hybridized carbons (Fsp3) is 0.444. The molecule has 1 aromatic carbocycles. The van der Waals surface area contributed by atoms with Crippen molar-refractivity contribution < 1.29 is 14.3 Å². The molecule has 27 heavy (non-hydrogen) atoms. The van der Waals surface area contributed by atoms with Gasteiger partial charge in [0.1, 0.15) is 5.75 Å². The van der Waals surface area contributed by atoms with Gasteiger partial charge in [0.2, 0.25) is 0 Å². The standard InChI is InChI=1S/C18H21Cl2N3O3S/c1-11-6-23(7-12(2)26-11)8-14-10-27-18(21-14)22-17(24)9-25-16-4-3-13(19)5-15(16)20/h3-5,10-12H,6-9H2,1-2H3,(H,21,22,24)/t11-,12+. The van der Waals surface area contributed by atoms with Crippen LogP contribution < -0.4 is 10.1 Å². The number of nitrogens with one attached hydrogen (secondary N) is 1. The number of carbonyl (C=O) groups is 1. The first-order valence-electron chi connectivity index (χ1n) is 8.59. The third-order valence-electron chi connectivity index (χ3n) is 3.93. The highest BCUT2D eigenvalue weighted by Gasteiger charge is 2.22. The molecule has 1 aromatic heterocycles. The van der Waals surface area contributed by atoms with Crippen LogP contribution in [0.1, 0.15) is 19.5 Å². The average molecular weight is 430 g/mol. The molecule has 1 fully saturated rings. The van der Waals surface area contributed by atoms with Crippen LogP contribution in [0.15, 0.2) is 23.6 Å². The average Bonchev–Trinajstić information content (AvgIpc) is 3.00. The number of carbonyl (C=O) groups excluding carboxylic acids is 1. The van der Waals surface area contributed by atoms with Crippen LogP contribution in [-0.4, -0.2) is 47.7 Å². The summed E-state index contributed by atoms with van der Waals surface area (Å²) in [6.45, 7) is 6.47. The number of halogens is 2. The largest absolute Gasteiger partial charge is 0.482 e. The van der Waals surface area contributed by atoms with Gasteiger partial charge in [-0.05, 0) is 32.0 Å². The van der Waals surface area contributed by atoms with Gasteiger partial charge in [-0.1, -0.05) is 23.2 Å². The lowest BCUT2D eigenvalue weighted by molar-refractivity contribution is -0.118.